The van der Waals surface area contributed by atoms with E-state index in [9.17, 15) is 9.59 Å². The fourth-order valence-electron chi connectivity index (χ4n) is 6.32. The monoisotopic (exact) mass is 503 g/mol. The third-order valence-electron chi connectivity index (χ3n) is 8.66. The largest absolute Gasteiger partial charge is 0.352 e. The second-order valence-electron chi connectivity index (χ2n) is 11.0. The molecule has 3 heterocycles. The number of pyridine rings is 1. The Morgan fingerprint density at radius 2 is 1.78 bits per heavy atom. The molecule has 1 aromatic carbocycles. The van der Waals surface area contributed by atoms with Crippen LogP contribution >= 0.6 is 0 Å². The average Bonchev–Trinajstić information content (AvgIpc) is 3.45. The van der Waals surface area contributed by atoms with Crippen LogP contribution in [0, 0.1) is 5.92 Å². The zero-order valence-corrected chi connectivity index (χ0v) is 22.3. The number of likely N-dealkylation sites (N-methyl/N-ethyl adjacent to an activating group) is 1. The van der Waals surface area contributed by atoms with Gasteiger partial charge >= 0.3 is 0 Å². The zero-order valence-electron chi connectivity index (χ0n) is 22.3. The van der Waals surface area contributed by atoms with Gasteiger partial charge in [0.25, 0.3) is 0 Å². The highest BCUT2D eigenvalue weighted by molar-refractivity contribution is 5.90. The standard InChI is InChI=1S/C30H41N5O2/c1-21(31-2)29(36)33-28(23-10-4-3-5-11-23)30(37)35-17-8-13-26(35)24-14-16-32-27(19-24)34-18-15-22-9-6-7-12-25(22)20-34/h6-7,9,12,14,16,19,21,23,26,28,31H,3-5,8,10-11,13,15,17-18,20H2,1-2H3,(H,33,36). The van der Waals surface area contributed by atoms with Gasteiger partial charge in [0.1, 0.15) is 11.9 Å². The SMILES string of the molecule is CNC(C)C(=O)NC(C(=O)N1CCCC1c1ccnc(N2CCc3ccccc3C2)c1)C1CCCCC1. The highest BCUT2D eigenvalue weighted by Crippen LogP contribution is 2.36. The third-order valence-corrected chi connectivity index (χ3v) is 8.66. The topological polar surface area (TPSA) is 77.6 Å². The summed E-state index contributed by atoms with van der Waals surface area (Å²) in [5.74, 6) is 1.17. The Morgan fingerprint density at radius 1 is 1.00 bits per heavy atom. The maximum absolute atomic E-state index is 14.1. The van der Waals surface area contributed by atoms with Gasteiger partial charge in [-0.2, -0.15) is 0 Å². The summed E-state index contributed by atoms with van der Waals surface area (Å²) in [6.07, 6.45) is 10.3. The lowest BCUT2D eigenvalue weighted by Crippen LogP contribution is -2.55. The lowest BCUT2D eigenvalue weighted by Gasteiger charge is -2.36. The van der Waals surface area contributed by atoms with Gasteiger partial charge in [-0.3, -0.25) is 9.59 Å². The Morgan fingerprint density at radius 3 is 2.57 bits per heavy atom. The van der Waals surface area contributed by atoms with Crippen molar-refractivity contribution in [1.82, 2.24) is 20.5 Å². The Kier molecular flexibility index (Phi) is 8.08. The molecule has 2 fully saturated rings. The van der Waals surface area contributed by atoms with Gasteiger partial charge in [0.15, 0.2) is 0 Å². The van der Waals surface area contributed by atoms with Gasteiger partial charge in [-0.05, 0) is 80.8 Å². The summed E-state index contributed by atoms with van der Waals surface area (Å²) in [5, 5.41) is 6.16. The van der Waals surface area contributed by atoms with Crippen LogP contribution in [-0.4, -0.2) is 53.9 Å². The van der Waals surface area contributed by atoms with Crippen molar-refractivity contribution in [2.45, 2.75) is 83.0 Å². The van der Waals surface area contributed by atoms with Crippen molar-refractivity contribution in [2.24, 2.45) is 5.92 Å². The maximum atomic E-state index is 14.1. The van der Waals surface area contributed by atoms with Gasteiger partial charge in [-0.1, -0.05) is 43.5 Å². The fourth-order valence-corrected chi connectivity index (χ4v) is 6.32. The molecule has 2 N–H and O–H groups in total. The number of benzene rings is 1. The number of aromatic nitrogens is 1. The number of carbonyl (C=O) groups excluding carboxylic acids is 2. The molecule has 3 atom stereocenters. The van der Waals surface area contributed by atoms with Crippen LogP contribution in [-0.2, 0) is 22.6 Å². The normalized spacial score (nSPS) is 21.8. The first-order chi connectivity index (χ1) is 18.0. The number of anilines is 1. The zero-order chi connectivity index (χ0) is 25.8. The molecule has 7 heteroatoms. The summed E-state index contributed by atoms with van der Waals surface area (Å²) in [6, 6.07) is 12.1. The molecule has 0 bridgehead atoms. The van der Waals surface area contributed by atoms with E-state index in [-0.39, 0.29) is 29.8 Å². The number of rotatable bonds is 7. The number of fused-ring (bicyclic) bond motifs is 1. The fraction of sp³-hybridized carbons (Fsp3) is 0.567. The molecule has 0 radical (unpaired) electrons. The van der Waals surface area contributed by atoms with Crippen molar-refractivity contribution in [3.63, 3.8) is 0 Å². The van der Waals surface area contributed by atoms with Crippen molar-refractivity contribution < 1.29 is 9.59 Å². The molecule has 1 aromatic heterocycles. The van der Waals surface area contributed by atoms with E-state index in [4.69, 9.17) is 4.98 Å². The molecule has 0 spiro atoms. The molecule has 7 nitrogen and oxygen atoms in total. The first kappa shape index (κ1) is 25.7. The van der Waals surface area contributed by atoms with Crippen LogP contribution in [0.4, 0.5) is 5.82 Å². The number of nitrogens with one attached hydrogen (secondary N) is 2. The summed E-state index contributed by atoms with van der Waals surface area (Å²) in [4.78, 5) is 36.0. The lowest BCUT2D eigenvalue weighted by atomic mass is 9.83. The predicted molar refractivity (Wildman–Crippen MR) is 146 cm³/mol. The first-order valence-corrected chi connectivity index (χ1v) is 14.1. The van der Waals surface area contributed by atoms with Gasteiger partial charge in [0.05, 0.1) is 12.1 Å². The molecule has 1 saturated carbocycles. The smallest absolute Gasteiger partial charge is 0.245 e. The summed E-state index contributed by atoms with van der Waals surface area (Å²) in [6.45, 7) is 4.38. The number of hydrogen-bond donors (Lipinski definition) is 2. The van der Waals surface area contributed by atoms with Crippen molar-refractivity contribution >= 4 is 17.6 Å². The lowest BCUT2D eigenvalue weighted by molar-refractivity contribution is -0.139. The Labute approximate surface area is 221 Å². The van der Waals surface area contributed by atoms with Gasteiger partial charge in [-0.25, -0.2) is 4.98 Å². The molecule has 2 amide bonds. The molecule has 37 heavy (non-hydrogen) atoms. The van der Waals surface area contributed by atoms with Crippen LogP contribution in [0.3, 0.4) is 0 Å². The van der Waals surface area contributed by atoms with E-state index < -0.39 is 6.04 Å². The quantitative estimate of drug-likeness (QED) is 0.598. The van der Waals surface area contributed by atoms with E-state index in [1.54, 1.807) is 7.05 Å². The molecule has 198 valence electrons. The van der Waals surface area contributed by atoms with E-state index in [0.717, 1.165) is 76.0 Å². The van der Waals surface area contributed by atoms with Gasteiger partial charge < -0.3 is 20.4 Å². The van der Waals surface area contributed by atoms with Gasteiger partial charge in [-0.15, -0.1) is 0 Å². The number of amides is 2. The first-order valence-electron chi connectivity index (χ1n) is 14.1. The number of hydrogen-bond acceptors (Lipinski definition) is 5. The molecular formula is C30H41N5O2. The number of likely N-dealkylation sites (tertiary alicyclic amines) is 1. The van der Waals surface area contributed by atoms with Crippen LogP contribution in [0.25, 0.3) is 0 Å². The predicted octanol–water partition coefficient (Wildman–Crippen LogP) is 3.98. The van der Waals surface area contributed by atoms with Crippen molar-refractivity contribution in [3.8, 4) is 0 Å². The molecule has 5 rings (SSSR count). The molecule has 1 saturated heterocycles. The number of nitrogens with zero attached hydrogens (tertiary/aromatic N) is 3. The van der Waals surface area contributed by atoms with E-state index in [1.807, 2.05) is 18.0 Å². The van der Waals surface area contributed by atoms with Crippen LogP contribution in [0.2, 0.25) is 0 Å². The second-order valence-corrected chi connectivity index (χ2v) is 11.0. The summed E-state index contributed by atoms with van der Waals surface area (Å²) in [5.41, 5.74) is 3.93. The van der Waals surface area contributed by atoms with Crippen LogP contribution in [0.15, 0.2) is 42.6 Å². The van der Waals surface area contributed by atoms with E-state index in [1.165, 1.54) is 17.5 Å². The number of carbonyl (C=O) groups is 2. The summed E-state index contributed by atoms with van der Waals surface area (Å²) >= 11 is 0. The molecule has 2 aliphatic heterocycles. The third kappa shape index (κ3) is 5.66. The molecule has 1 aliphatic carbocycles. The Hall–Kier alpha value is -2.93. The van der Waals surface area contributed by atoms with Crippen molar-refractivity contribution in [1.29, 1.82) is 0 Å². The minimum absolute atomic E-state index is 0.0241. The minimum Gasteiger partial charge on any atom is -0.352 e. The van der Waals surface area contributed by atoms with E-state index in [2.05, 4.69) is 51.9 Å². The molecule has 2 aromatic rings. The minimum atomic E-state index is -0.455. The molecule has 3 aliphatic rings. The molecule has 3 unspecified atom stereocenters. The Bertz CT molecular complexity index is 1100. The van der Waals surface area contributed by atoms with Crippen molar-refractivity contribution in [2.75, 3.05) is 25.0 Å². The highest BCUT2D eigenvalue weighted by Gasteiger charge is 2.39. The van der Waals surface area contributed by atoms with E-state index >= 15 is 0 Å². The maximum Gasteiger partial charge on any atom is 0.245 e. The molecular weight excluding hydrogens is 462 g/mol. The van der Waals surface area contributed by atoms with E-state index in [0.29, 0.717) is 0 Å². The average molecular weight is 504 g/mol. The summed E-state index contributed by atoms with van der Waals surface area (Å²) in [7, 11) is 1.78. The van der Waals surface area contributed by atoms with Crippen LogP contribution < -0.4 is 15.5 Å². The van der Waals surface area contributed by atoms with Crippen LogP contribution in [0.1, 0.15) is 74.6 Å². The van der Waals surface area contributed by atoms with Gasteiger partial charge in [0.2, 0.25) is 11.8 Å². The summed E-state index contributed by atoms with van der Waals surface area (Å²) < 4.78 is 0. The second kappa shape index (κ2) is 11.6. The Balaban J connectivity index is 1.35. The highest BCUT2D eigenvalue weighted by atomic mass is 16.2. The van der Waals surface area contributed by atoms with Crippen LogP contribution in [0.5, 0.6) is 0 Å². The van der Waals surface area contributed by atoms with Gasteiger partial charge in [0, 0.05) is 25.8 Å². The van der Waals surface area contributed by atoms with Crippen molar-refractivity contribution in [3.05, 3.63) is 59.3 Å².